The molecule has 0 bridgehead atoms. The molecule has 0 radical (unpaired) electrons. The van der Waals surface area contributed by atoms with Gasteiger partial charge in [-0.25, -0.2) is 0 Å². The molecule has 25 heavy (non-hydrogen) atoms. The largest absolute Gasteiger partial charge is 0.490 e. The van der Waals surface area contributed by atoms with E-state index in [0.29, 0.717) is 4.88 Å². The number of hydrogen-bond donors (Lipinski definition) is 3. The molecule has 0 saturated heterocycles. The molecule has 3 N–H and O–H groups in total. The minimum Gasteiger partial charge on any atom is -0.490 e. The van der Waals surface area contributed by atoms with Gasteiger partial charge >= 0.3 is 5.69 Å². The first-order valence-corrected chi connectivity index (χ1v) is 7.98. The molecule has 11 heteroatoms. The Bertz CT molecular complexity index is 823. The number of nitro groups is 1. The van der Waals surface area contributed by atoms with Crippen molar-refractivity contribution in [1.29, 1.82) is 0 Å². The van der Waals surface area contributed by atoms with E-state index in [2.05, 4.69) is 16.2 Å². The van der Waals surface area contributed by atoms with Gasteiger partial charge in [-0.05, 0) is 35.8 Å². The Labute approximate surface area is 151 Å². The third kappa shape index (κ3) is 4.71. The maximum Gasteiger partial charge on any atom is 0.311 e. The summed E-state index contributed by atoms with van der Waals surface area (Å²) in [4.78, 5) is 34.6. The van der Waals surface area contributed by atoms with Gasteiger partial charge < -0.3 is 4.74 Å². The zero-order valence-corrected chi connectivity index (χ0v) is 14.4. The van der Waals surface area contributed by atoms with E-state index in [1.165, 1.54) is 30.6 Å². The Morgan fingerprint density at radius 2 is 2.00 bits per heavy atom. The van der Waals surface area contributed by atoms with Gasteiger partial charge in [-0.3, -0.25) is 35.9 Å². The van der Waals surface area contributed by atoms with Crippen molar-refractivity contribution >= 4 is 46.2 Å². The number of nitrogens with zero attached hydrogens (tertiary/aromatic N) is 1. The van der Waals surface area contributed by atoms with Crippen LogP contribution >= 0.6 is 23.6 Å². The number of nitrogens with one attached hydrogen (secondary N) is 3. The van der Waals surface area contributed by atoms with Crippen molar-refractivity contribution in [2.45, 2.75) is 0 Å². The fourth-order valence-corrected chi connectivity index (χ4v) is 2.53. The highest BCUT2D eigenvalue weighted by Gasteiger charge is 2.18. The molecule has 0 atom stereocenters. The van der Waals surface area contributed by atoms with E-state index in [1.54, 1.807) is 17.5 Å². The van der Waals surface area contributed by atoms with E-state index < -0.39 is 16.7 Å². The highest BCUT2D eigenvalue weighted by atomic mass is 32.1. The Hall–Kier alpha value is -3.05. The maximum absolute atomic E-state index is 12.1. The smallest absolute Gasteiger partial charge is 0.311 e. The van der Waals surface area contributed by atoms with E-state index >= 15 is 0 Å². The van der Waals surface area contributed by atoms with Crippen LogP contribution in [0.3, 0.4) is 0 Å². The van der Waals surface area contributed by atoms with Crippen molar-refractivity contribution in [2.24, 2.45) is 0 Å². The van der Waals surface area contributed by atoms with Crippen LogP contribution in [0.2, 0.25) is 0 Å². The number of hydrogen-bond acceptors (Lipinski definition) is 7. The summed E-state index contributed by atoms with van der Waals surface area (Å²) in [6.07, 6.45) is 0. The minimum atomic E-state index is -0.673. The van der Waals surface area contributed by atoms with Crippen LogP contribution in [0.4, 0.5) is 5.69 Å². The molecule has 0 aliphatic heterocycles. The molecule has 0 fully saturated rings. The summed E-state index contributed by atoms with van der Waals surface area (Å²) in [6.45, 7) is 0. The van der Waals surface area contributed by atoms with Crippen LogP contribution in [0.5, 0.6) is 5.75 Å². The van der Waals surface area contributed by atoms with E-state index in [4.69, 9.17) is 17.0 Å². The average Bonchev–Trinajstić information content (AvgIpc) is 3.13. The van der Waals surface area contributed by atoms with Gasteiger partial charge in [-0.2, -0.15) is 0 Å². The number of methoxy groups -OCH3 is 1. The van der Waals surface area contributed by atoms with Crippen LogP contribution in [-0.2, 0) is 0 Å². The number of carbonyl (C=O) groups is 2. The second-order valence-electron chi connectivity index (χ2n) is 4.48. The molecular formula is C14H12N4O5S2. The van der Waals surface area contributed by atoms with Gasteiger partial charge in [0.15, 0.2) is 10.9 Å². The number of nitro benzene ring substituents is 1. The van der Waals surface area contributed by atoms with Crippen molar-refractivity contribution in [2.75, 3.05) is 7.11 Å². The first-order valence-electron chi connectivity index (χ1n) is 6.70. The number of rotatable bonds is 4. The van der Waals surface area contributed by atoms with Gasteiger partial charge in [0.25, 0.3) is 11.8 Å². The van der Waals surface area contributed by atoms with Crippen molar-refractivity contribution in [1.82, 2.24) is 16.2 Å². The molecule has 0 unspecified atom stereocenters. The van der Waals surface area contributed by atoms with Crippen molar-refractivity contribution in [3.63, 3.8) is 0 Å². The first kappa shape index (κ1) is 18.3. The number of hydrazine groups is 1. The number of amides is 2. The SMILES string of the molecule is COc1ccc(C(=O)NC(=S)NNC(=O)c2cccs2)cc1[N+](=O)[O-]. The molecule has 0 aliphatic rings. The molecule has 1 aromatic heterocycles. The summed E-state index contributed by atoms with van der Waals surface area (Å²) in [6, 6.07) is 7.08. The van der Waals surface area contributed by atoms with E-state index in [-0.39, 0.29) is 22.1 Å². The van der Waals surface area contributed by atoms with Gasteiger partial charge in [0.1, 0.15) is 0 Å². The number of benzene rings is 1. The van der Waals surface area contributed by atoms with Gasteiger partial charge in [0.2, 0.25) is 0 Å². The maximum atomic E-state index is 12.1. The lowest BCUT2D eigenvalue weighted by molar-refractivity contribution is -0.385. The number of ether oxygens (including phenoxy) is 1. The summed E-state index contributed by atoms with van der Waals surface area (Å²) in [5.74, 6) is -1.05. The number of carbonyl (C=O) groups excluding carboxylic acids is 2. The van der Waals surface area contributed by atoms with Crippen LogP contribution in [0.25, 0.3) is 0 Å². The highest BCUT2D eigenvalue weighted by molar-refractivity contribution is 7.80. The van der Waals surface area contributed by atoms with Gasteiger partial charge in [0.05, 0.1) is 16.9 Å². The van der Waals surface area contributed by atoms with Crippen LogP contribution < -0.4 is 20.9 Å². The predicted octanol–water partition coefficient (Wildman–Crippen LogP) is 1.61. The molecule has 1 aromatic carbocycles. The lowest BCUT2D eigenvalue weighted by Gasteiger charge is -2.10. The molecule has 0 saturated carbocycles. The molecule has 9 nitrogen and oxygen atoms in total. The van der Waals surface area contributed by atoms with Crippen molar-refractivity contribution < 1.29 is 19.2 Å². The third-order valence-electron chi connectivity index (χ3n) is 2.90. The van der Waals surface area contributed by atoms with Crippen molar-refractivity contribution in [3.8, 4) is 5.75 Å². The lowest BCUT2D eigenvalue weighted by atomic mass is 10.2. The molecule has 2 rings (SSSR count). The quantitative estimate of drug-likeness (QED) is 0.418. The second kappa shape index (κ2) is 8.17. The second-order valence-corrected chi connectivity index (χ2v) is 5.84. The first-order chi connectivity index (χ1) is 11.9. The monoisotopic (exact) mass is 380 g/mol. The normalized spacial score (nSPS) is 9.80. The highest BCUT2D eigenvalue weighted by Crippen LogP contribution is 2.27. The fourth-order valence-electron chi connectivity index (χ4n) is 1.76. The third-order valence-corrected chi connectivity index (χ3v) is 3.97. The fraction of sp³-hybridized carbons (Fsp3) is 0.0714. The Morgan fingerprint density at radius 3 is 2.60 bits per heavy atom. The minimum absolute atomic E-state index is 0.0150. The summed E-state index contributed by atoms with van der Waals surface area (Å²) in [7, 11) is 1.29. The van der Waals surface area contributed by atoms with E-state index in [1.807, 2.05) is 0 Å². The van der Waals surface area contributed by atoms with E-state index in [0.717, 1.165) is 6.07 Å². The standard InChI is InChI=1S/C14H12N4O5S2/c1-23-10-5-4-8(7-9(10)18(21)22)12(19)15-14(24)17-16-13(20)11-3-2-6-25-11/h2-7H,1H3,(H,16,20)(H2,15,17,19,24). The lowest BCUT2D eigenvalue weighted by Crippen LogP contribution is -2.48. The van der Waals surface area contributed by atoms with E-state index in [9.17, 15) is 19.7 Å². The van der Waals surface area contributed by atoms with Crippen LogP contribution in [0.1, 0.15) is 20.0 Å². The number of thiocarbonyl (C=S) groups is 1. The number of thiophene rings is 1. The summed E-state index contributed by atoms with van der Waals surface area (Å²) in [5.41, 5.74) is 4.37. The Balaban J connectivity index is 1.97. The zero-order chi connectivity index (χ0) is 18.4. The topological polar surface area (TPSA) is 123 Å². The predicted molar refractivity (Wildman–Crippen MR) is 94.6 cm³/mol. The summed E-state index contributed by atoms with van der Waals surface area (Å²) >= 11 is 6.14. The zero-order valence-electron chi connectivity index (χ0n) is 12.8. The molecule has 0 spiro atoms. The van der Waals surface area contributed by atoms with Crippen molar-refractivity contribution in [3.05, 3.63) is 56.3 Å². The molecule has 0 aliphatic carbocycles. The molecule has 1 heterocycles. The summed E-state index contributed by atoms with van der Waals surface area (Å²) < 4.78 is 4.86. The van der Waals surface area contributed by atoms with Crippen LogP contribution in [0.15, 0.2) is 35.7 Å². The average molecular weight is 380 g/mol. The molecule has 2 aromatic rings. The van der Waals surface area contributed by atoms with Gasteiger partial charge in [-0.15, -0.1) is 11.3 Å². The van der Waals surface area contributed by atoms with Gasteiger partial charge in [-0.1, -0.05) is 6.07 Å². The Kier molecular flexibility index (Phi) is 5.98. The van der Waals surface area contributed by atoms with Crippen LogP contribution in [-0.4, -0.2) is 29.0 Å². The molecule has 2 amide bonds. The Morgan fingerprint density at radius 1 is 1.24 bits per heavy atom. The van der Waals surface area contributed by atoms with Crippen LogP contribution in [0, 0.1) is 10.1 Å². The summed E-state index contributed by atoms with van der Waals surface area (Å²) in [5, 5.41) is 14.9. The van der Waals surface area contributed by atoms with Gasteiger partial charge in [0, 0.05) is 11.6 Å². The molecular weight excluding hydrogens is 368 g/mol. The molecule has 130 valence electrons.